The van der Waals surface area contributed by atoms with Crippen LogP contribution in [0.5, 0.6) is 0 Å². The molecule has 2 aliphatic carbocycles. The first-order valence-corrected chi connectivity index (χ1v) is 9.31. The summed E-state index contributed by atoms with van der Waals surface area (Å²) < 4.78 is 21.8. The zero-order valence-electron chi connectivity index (χ0n) is 14.3. The van der Waals surface area contributed by atoms with E-state index in [1.165, 1.54) is 37.6 Å². The number of benzene rings is 1. The Balaban J connectivity index is 1.32. The van der Waals surface area contributed by atoms with Gasteiger partial charge in [-0.3, -0.25) is 4.90 Å². The van der Waals surface area contributed by atoms with Crippen LogP contribution in [0.4, 0.5) is 4.39 Å². The molecular formula is C19H23FN4O. The minimum atomic E-state index is -0.208. The van der Waals surface area contributed by atoms with Crippen molar-refractivity contribution in [2.75, 3.05) is 19.7 Å². The van der Waals surface area contributed by atoms with Crippen LogP contribution in [0.3, 0.4) is 0 Å². The van der Waals surface area contributed by atoms with E-state index in [1.54, 1.807) is 12.1 Å². The third kappa shape index (κ3) is 3.20. The smallest absolute Gasteiger partial charge is 0.147 e. The molecule has 3 fully saturated rings. The molecule has 0 spiro atoms. The molecule has 0 amide bonds. The highest BCUT2D eigenvalue weighted by atomic mass is 19.1. The quantitative estimate of drug-likeness (QED) is 0.837. The summed E-state index contributed by atoms with van der Waals surface area (Å²) in [5, 5.41) is 9.01. The molecule has 5 rings (SSSR count). The number of morpholine rings is 1. The highest BCUT2D eigenvalue weighted by Gasteiger charge is 2.36. The summed E-state index contributed by atoms with van der Waals surface area (Å²) in [5.74, 6) is 2.71. The van der Waals surface area contributed by atoms with Gasteiger partial charge in [0.2, 0.25) is 0 Å². The minimum Gasteiger partial charge on any atom is -0.371 e. The van der Waals surface area contributed by atoms with Crippen molar-refractivity contribution in [1.82, 2.24) is 19.7 Å². The molecule has 5 nitrogen and oxygen atoms in total. The van der Waals surface area contributed by atoms with Crippen LogP contribution >= 0.6 is 0 Å². The van der Waals surface area contributed by atoms with E-state index in [-0.39, 0.29) is 11.9 Å². The molecule has 0 N–H and O–H groups in total. The van der Waals surface area contributed by atoms with E-state index < -0.39 is 0 Å². The van der Waals surface area contributed by atoms with Gasteiger partial charge in [0.05, 0.1) is 19.3 Å². The fourth-order valence-corrected chi connectivity index (χ4v) is 3.75. The highest BCUT2D eigenvalue weighted by molar-refractivity contribution is 5.20. The van der Waals surface area contributed by atoms with Crippen molar-refractivity contribution in [2.24, 2.45) is 0 Å². The van der Waals surface area contributed by atoms with Crippen molar-refractivity contribution >= 4 is 0 Å². The molecule has 0 radical (unpaired) electrons. The first kappa shape index (κ1) is 15.5. The first-order chi connectivity index (χ1) is 12.3. The maximum absolute atomic E-state index is 13.5. The second-order valence-corrected chi connectivity index (χ2v) is 7.50. The van der Waals surface area contributed by atoms with Crippen LogP contribution in [0.25, 0.3) is 0 Å². The van der Waals surface area contributed by atoms with Gasteiger partial charge in [-0.1, -0.05) is 12.1 Å². The average molecular weight is 342 g/mol. The first-order valence-electron chi connectivity index (χ1n) is 9.31. The molecule has 25 heavy (non-hydrogen) atoms. The van der Waals surface area contributed by atoms with Crippen molar-refractivity contribution in [3.63, 3.8) is 0 Å². The predicted octanol–water partition coefficient (Wildman–Crippen LogP) is 3.20. The summed E-state index contributed by atoms with van der Waals surface area (Å²) in [6.45, 7) is 3.10. The lowest BCUT2D eigenvalue weighted by Crippen LogP contribution is -2.38. The van der Waals surface area contributed by atoms with Crippen LogP contribution in [0.1, 0.15) is 61.0 Å². The van der Waals surface area contributed by atoms with Crippen LogP contribution in [0, 0.1) is 5.82 Å². The average Bonchev–Trinajstić information content (AvgIpc) is 3.54. The van der Waals surface area contributed by atoms with E-state index in [9.17, 15) is 4.39 Å². The van der Waals surface area contributed by atoms with Crippen LogP contribution in [-0.2, 0) is 11.3 Å². The van der Waals surface area contributed by atoms with Gasteiger partial charge >= 0.3 is 0 Å². The molecule has 1 saturated heterocycles. The van der Waals surface area contributed by atoms with Crippen molar-refractivity contribution < 1.29 is 9.13 Å². The van der Waals surface area contributed by atoms with Gasteiger partial charge in [-0.05, 0) is 43.4 Å². The number of aromatic nitrogens is 3. The van der Waals surface area contributed by atoms with Gasteiger partial charge < -0.3 is 9.30 Å². The Morgan fingerprint density at radius 1 is 1.16 bits per heavy atom. The Morgan fingerprint density at radius 3 is 2.80 bits per heavy atom. The zero-order valence-corrected chi connectivity index (χ0v) is 14.3. The summed E-state index contributed by atoms with van der Waals surface area (Å²) in [6.07, 6.45) is 4.93. The SMILES string of the molecule is Fc1cccc(C2CN(Cc3nnc(C4CC4)n3C3CC3)CCO2)c1. The molecule has 6 heteroatoms. The number of halogens is 1. The molecule has 1 unspecified atom stereocenters. The molecule has 2 heterocycles. The van der Waals surface area contributed by atoms with E-state index in [4.69, 9.17) is 4.74 Å². The molecular weight excluding hydrogens is 319 g/mol. The van der Waals surface area contributed by atoms with Crippen LogP contribution in [0.15, 0.2) is 24.3 Å². The maximum Gasteiger partial charge on any atom is 0.147 e. The van der Waals surface area contributed by atoms with Gasteiger partial charge in [-0.15, -0.1) is 10.2 Å². The number of nitrogens with zero attached hydrogens (tertiary/aromatic N) is 4. The van der Waals surface area contributed by atoms with Crippen LogP contribution in [0.2, 0.25) is 0 Å². The van der Waals surface area contributed by atoms with E-state index in [0.717, 1.165) is 31.0 Å². The van der Waals surface area contributed by atoms with Gasteiger partial charge in [0, 0.05) is 25.0 Å². The minimum absolute atomic E-state index is 0.0790. The Morgan fingerprint density at radius 2 is 2.04 bits per heavy atom. The Labute approximate surface area is 146 Å². The number of ether oxygens (including phenoxy) is 1. The molecule has 1 atom stereocenters. The molecule has 1 aliphatic heterocycles. The lowest BCUT2D eigenvalue weighted by Gasteiger charge is -2.33. The second kappa shape index (κ2) is 6.18. The maximum atomic E-state index is 13.5. The molecule has 132 valence electrons. The van der Waals surface area contributed by atoms with Crippen LogP contribution < -0.4 is 0 Å². The predicted molar refractivity (Wildman–Crippen MR) is 90.6 cm³/mol. The third-order valence-corrected chi connectivity index (χ3v) is 5.38. The van der Waals surface area contributed by atoms with Crippen molar-refractivity contribution in [3.8, 4) is 0 Å². The number of rotatable bonds is 5. The zero-order chi connectivity index (χ0) is 16.8. The molecule has 1 aromatic heterocycles. The van der Waals surface area contributed by atoms with E-state index in [1.807, 2.05) is 6.07 Å². The van der Waals surface area contributed by atoms with E-state index >= 15 is 0 Å². The molecule has 3 aliphatic rings. The monoisotopic (exact) mass is 342 g/mol. The standard InChI is InChI=1S/C19H23FN4O/c20-15-3-1-2-14(10-15)17-11-23(8-9-25-17)12-18-21-22-19(13-4-5-13)24(18)16-6-7-16/h1-3,10,13,16-17H,4-9,11-12H2. The van der Waals surface area contributed by atoms with Crippen LogP contribution in [-0.4, -0.2) is 39.4 Å². The Bertz CT molecular complexity index is 769. The summed E-state index contributed by atoms with van der Waals surface area (Å²) in [6, 6.07) is 7.35. The van der Waals surface area contributed by atoms with Gasteiger partial charge in [0.1, 0.15) is 17.5 Å². The van der Waals surface area contributed by atoms with Crippen molar-refractivity contribution in [2.45, 2.75) is 50.3 Å². The molecule has 2 aromatic rings. The van der Waals surface area contributed by atoms with Gasteiger partial charge in [0.25, 0.3) is 0 Å². The summed E-state index contributed by atoms with van der Waals surface area (Å²) in [4.78, 5) is 2.36. The largest absolute Gasteiger partial charge is 0.371 e. The second-order valence-electron chi connectivity index (χ2n) is 7.50. The third-order valence-electron chi connectivity index (χ3n) is 5.38. The highest BCUT2D eigenvalue weighted by Crippen LogP contribution is 2.44. The Hall–Kier alpha value is -1.79. The lowest BCUT2D eigenvalue weighted by atomic mass is 10.1. The van der Waals surface area contributed by atoms with E-state index in [0.29, 0.717) is 18.6 Å². The van der Waals surface area contributed by atoms with Crippen molar-refractivity contribution in [1.29, 1.82) is 0 Å². The van der Waals surface area contributed by atoms with Crippen molar-refractivity contribution in [3.05, 3.63) is 47.3 Å². The fourth-order valence-electron chi connectivity index (χ4n) is 3.75. The topological polar surface area (TPSA) is 43.2 Å². The fraction of sp³-hybridized carbons (Fsp3) is 0.579. The van der Waals surface area contributed by atoms with E-state index in [2.05, 4.69) is 19.7 Å². The molecule has 0 bridgehead atoms. The molecule has 2 saturated carbocycles. The lowest BCUT2D eigenvalue weighted by molar-refractivity contribution is -0.0341. The summed E-state index contributed by atoms with van der Waals surface area (Å²) >= 11 is 0. The number of hydrogen-bond donors (Lipinski definition) is 0. The van der Waals surface area contributed by atoms with Gasteiger partial charge in [-0.25, -0.2) is 4.39 Å². The molecule has 1 aromatic carbocycles. The number of hydrogen-bond acceptors (Lipinski definition) is 4. The van der Waals surface area contributed by atoms with Gasteiger partial charge in [-0.2, -0.15) is 0 Å². The normalized spacial score (nSPS) is 24.6. The summed E-state index contributed by atoms with van der Waals surface area (Å²) in [7, 11) is 0. The summed E-state index contributed by atoms with van der Waals surface area (Å²) in [5.41, 5.74) is 0.909. The Kier molecular flexibility index (Phi) is 3.82. The van der Waals surface area contributed by atoms with Gasteiger partial charge in [0.15, 0.2) is 0 Å².